The lowest BCUT2D eigenvalue weighted by Gasteiger charge is -2.34. The number of rotatable bonds is 11. The van der Waals surface area contributed by atoms with E-state index in [0.717, 1.165) is 31.7 Å². The van der Waals surface area contributed by atoms with E-state index in [1.54, 1.807) is 7.11 Å². The second kappa shape index (κ2) is 13.6. The van der Waals surface area contributed by atoms with Gasteiger partial charge in [-0.3, -0.25) is 4.90 Å². The van der Waals surface area contributed by atoms with E-state index in [1.807, 2.05) is 0 Å². The maximum atomic E-state index is 5.40. The maximum absolute atomic E-state index is 5.40. The summed E-state index contributed by atoms with van der Waals surface area (Å²) >= 11 is 0. The highest BCUT2D eigenvalue weighted by Gasteiger charge is 2.18. The van der Waals surface area contributed by atoms with Crippen LogP contribution >= 0.6 is 0 Å². The highest BCUT2D eigenvalue weighted by atomic mass is 16.5. The van der Waals surface area contributed by atoms with Crippen LogP contribution in [0.4, 0.5) is 0 Å². The summed E-state index contributed by atoms with van der Waals surface area (Å²) in [6, 6.07) is 19.8. The minimum atomic E-state index is 0.326. The lowest BCUT2D eigenvalue weighted by Crippen LogP contribution is -2.45. The number of piperazine rings is 1. The van der Waals surface area contributed by atoms with Gasteiger partial charge in [0.2, 0.25) is 0 Å². The summed E-state index contributed by atoms with van der Waals surface area (Å²) in [4.78, 5) is 7.69. The van der Waals surface area contributed by atoms with Crippen LogP contribution in [0.15, 0.2) is 84.5 Å². The molecule has 2 aromatic rings. The number of ether oxygens (including phenoxy) is 1. The Labute approximate surface area is 218 Å². The molecule has 1 aliphatic carbocycles. The number of benzene rings is 2. The van der Waals surface area contributed by atoms with Gasteiger partial charge < -0.3 is 14.5 Å². The Hall–Kier alpha value is -2.66. The van der Waals surface area contributed by atoms with Crippen molar-refractivity contribution < 1.29 is 4.74 Å². The Morgan fingerprint density at radius 2 is 1.75 bits per heavy atom. The van der Waals surface area contributed by atoms with Crippen molar-refractivity contribution in [2.75, 3.05) is 60.0 Å². The number of methoxy groups -OCH3 is 1. The summed E-state index contributed by atoms with van der Waals surface area (Å²) in [5, 5.41) is 0. The van der Waals surface area contributed by atoms with Crippen LogP contribution in [0.2, 0.25) is 0 Å². The van der Waals surface area contributed by atoms with Crippen molar-refractivity contribution in [3.8, 4) is 5.75 Å². The van der Waals surface area contributed by atoms with Crippen LogP contribution < -0.4 is 4.74 Å². The summed E-state index contributed by atoms with van der Waals surface area (Å²) in [5.74, 6) is 0.912. The first-order chi connectivity index (χ1) is 17.6. The molecular weight excluding hydrogens is 442 g/mol. The second-order valence-electron chi connectivity index (χ2n) is 10.1. The third-order valence-electron chi connectivity index (χ3n) is 7.58. The van der Waals surface area contributed by atoms with Crippen molar-refractivity contribution in [3.63, 3.8) is 0 Å². The number of likely N-dealkylation sites (N-methyl/N-ethyl adjacent to an activating group) is 1. The van der Waals surface area contributed by atoms with E-state index in [-0.39, 0.29) is 0 Å². The quantitative estimate of drug-likeness (QED) is 0.385. The minimum absolute atomic E-state index is 0.326. The molecule has 0 radical (unpaired) electrons. The van der Waals surface area contributed by atoms with E-state index < -0.39 is 0 Å². The van der Waals surface area contributed by atoms with Gasteiger partial charge in [0, 0.05) is 45.3 Å². The van der Waals surface area contributed by atoms with Crippen molar-refractivity contribution in [2.45, 2.75) is 32.2 Å². The monoisotopic (exact) mass is 485 g/mol. The van der Waals surface area contributed by atoms with E-state index in [1.165, 1.54) is 61.4 Å². The fraction of sp³-hybridized carbons (Fsp3) is 0.438. The molecule has 2 aliphatic rings. The van der Waals surface area contributed by atoms with Crippen molar-refractivity contribution in [2.24, 2.45) is 0 Å². The van der Waals surface area contributed by atoms with Crippen LogP contribution in [0.25, 0.3) is 5.57 Å². The lowest BCUT2D eigenvalue weighted by molar-refractivity contribution is 0.142. The standard InChI is InChI=1S/C32H43N3O/c1-27(28-15-17-31(36-3)18-16-28)35(21-10-20-34-25-23-33(2)24-26-34)22-19-32(29-11-6-4-7-12-29)30-13-8-5-9-14-30/h4,6-8,11-19,27H,5,9-10,20-26H2,1-3H3/b32-19+. The van der Waals surface area contributed by atoms with Gasteiger partial charge in [-0.05, 0) is 74.2 Å². The van der Waals surface area contributed by atoms with Crippen LogP contribution in [-0.4, -0.2) is 74.7 Å². The minimum Gasteiger partial charge on any atom is -0.497 e. The second-order valence-corrected chi connectivity index (χ2v) is 10.1. The third-order valence-corrected chi connectivity index (χ3v) is 7.58. The maximum Gasteiger partial charge on any atom is 0.118 e. The molecule has 36 heavy (non-hydrogen) atoms. The highest BCUT2D eigenvalue weighted by Crippen LogP contribution is 2.29. The number of hydrogen-bond acceptors (Lipinski definition) is 4. The van der Waals surface area contributed by atoms with Gasteiger partial charge >= 0.3 is 0 Å². The SMILES string of the molecule is COc1ccc(C(C)N(C/C=C(/C2=CCCC=C2)c2ccccc2)CCCN2CCN(C)CC2)cc1. The van der Waals surface area contributed by atoms with Crippen LogP contribution in [0.3, 0.4) is 0 Å². The summed E-state index contributed by atoms with van der Waals surface area (Å²) in [6.45, 7) is 10.2. The molecule has 4 nitrogen and oxygen atoms in total. The molecule has 1 unspecified atom stereocenters. The molecule has 1 atom stereocenters. The van der Waals surface area contributed by atoms with Gasteiger partial charge in [-0.1, -0.05) is 66.8 Å². The molecule has 0 aromatic heterocycles. The molecule has 4 rings (SSSR count). The predicted octanol–water partition coefficient (Wildman–Crippen LogP) is 6.06. The normalized spacial score (nSPS) is 18.3. The smallest absolute Gasteiger partial charge is 0.118 e. The Morgan fingerprint density at radius 3 is 2.42 bits per heavy atom. The van der Waals surface area contributed by atoms with E-state index in [9.17, 15) is 0 Å². The first kappa shape index (κ1) is 26.4. The highest BCUT2D eigenvalue weighted by molar-refractivity contribution is 5.82. The van der Waals surface area contributed by atoms with Crippen molar-refractivity contribution in [3.05, 3.63) is 95.6 Å². The first-order valence-corrected chi connectivity index (χ1v) is 13.6. The van der Waals surface area contributed by atoms with Crippen LogP contribution in [-0.2, 0) is 0 Å². The van der Waals surface area contributed by atoms with Crippen LogP contribution in [0, 0.1) is 0 Å². The van der Waals surface area contributed by atoms with Crippen molar-refractivity contribution in [1.82, 2.24) is 14.7 Å². The van der Waals surface area contributed by atoms with Crippen LogP contribution in [0.5, 0.6) is 5.75 Å². The number of hydrogen-bond donors (Lipinski definition) is 0. The lowest BCUT2D eigenvalue weighted by atomic mass is 9.93. The molecule has 0 amide bonds. The Morgan fingerprint density at radius 1 is 1.00 bits per heavy atom. The van der Waals surface area contributed by atoms with Gasteiger partial charge in [0.05, 0.1) is 7.11 Å². The average Bonchev–Trinajstić information content (AvgIpc) is 2.94. The molecule has 0 N–H and O–H groups in total. The Kier molecular flexibility index (Phi) is 9.97. The average molecular weight is 486 g/mol. The summed E-state index contributed by atoms with van der Waals surface area (Å²) < 4.78 is 5.40. The van der Waals surface area contributed by atoms with E-state index >= 15 is 0 Å². The molecule has 0 bridgehead atoms. The Balaban J connectivity index is 1.52. The molecule has 192 valence electrons. The molecule has 0 saturated carbocycles. The van der Waals surface area contributed by atoms with Crippen molar-refractivity contribution >= 4 is 5.57 Å². The molecule has 1 aliphatic heterocycles. The zero-order chi connectivity index (χ0) is 25.2. The number of nitrogens with zero attached hydrogens (tertiary/aromatic N) is 3. The van der Waals surface area contributed by atoms with Gasteiger partial charge in [-0.15, -0.1) is 0 Å². The zero-order valence-electron chi connectivity index (χ0n) is 22.4. The molecule has 1 saturated heterocycles. The van der Waals surface area contributed by atoms with Gasteiger partial charge in [0.25, 0.3) is 0 Å². The fourth-order valence-corrected chi connectivity index (χ4v) is 5.15. The third kappa shape index (κ3) is 7.42. The summed E-state index contributed by atoms with van der Waals surface area (Å²) in [7, 11) is 3.95. The van der Waals surface area contributed by atoms with Gasteiger partial charge in [-0.25, -0.2) is 0 Å². The van der Waals surface area contributed by atoms with Gasteiger partial charge in [0.1, 0.15) is 5.75 Å². The molecular formula is C32H43N3O. The molecule has 1 fully saturated rings. The molecule has 0 spiro atoms. The van der Waals surface area contributed by atoms with E-state index in [4.69, 9.17) is 4.74 Å². The van der Waals surface area contributed by atoms with Crippen molar-refractivity contribution in [1.29, 1.82) is 0 Å². The summed E-state index contributed by atoms with van der Waals surface area (Å²) in [6.07, 6.45) is 12.9. The molecule has 4 heteroatoms. The summed E-state index contributed by atoms with van der Waals surface area (Å²) in [5.41, 5.74) is 5.33. The molecule has 1 heterocycles. The topological polar surface area (TPSA) is 19.0 Å². The van der Waals surface area contributed by atoms with Gasteiger partial charge in [0.15, 0.2) is 0 Å². The zero-order valence-corrected chi connectivity index (χ0v) is 22.4. The number of allylic oxidation sites excluding steroid dienone is 5. The van der Waals surface area contributed by atoms with Gasteiger partial charge in [-0.2, -0.15) is 0 Å². The predicted molar refractivity (Wildman–Crippen MR) is 152 cm³/mol. The van der Waals surface area contributed by atoms with E-state index in [0.29, 0.717) is 6.04 Å². The van der Waals surface area contributed by atoms with Crippen LogP contribution in [0.1, 0.15) is 43.4 Å². The molecule has 2 aromatic carbocycles. The van der Waals surface area contributed by atoms with E-state index in [2.05, 4.69) is 108 Å². The largest absolute Gasteiger partial charge is 0.497 e. The first-order valence-electron chi connectivity index (χ1n) is 13.6. The Bertz CT molecular complexity index is 1020. The fourth-order valence-electron chi connectivity index (χ4n) is 5.15.